The molecular weight excluding hydrogens is 186 g/mol. The molecule has 1 aromatic carbocycles. The second kappa shape index (κ2) is 2.73. The zero-order chi connectivity index (χ0) is 10.4. The van der Waals surface area contributed by atoms with Gasteiger partial charge in [0.2, 0.25) is 5.95 Å². The van der Waals surface area contributed by atoms with Gasteiger partial charge in [-0.25, -0.2) is 4.98 Å². The summed E-state index contributed by atoms with van der Waals surface area (Å²) in [5.74, 6) is 0.840. The lowest BCUT2D eigenvalue weighted by Gasteiger charge is -2.17. The van der Waals surface area contributed by atoms with E-state index < -0.39 is 0 Å². The van der Waals surface area contributed by atoms with E-state index in [1.54, 1.807) is 0 Å². The normalized spacial score (nSPS) is 14.7. The van der Waals surface area contributed by atoms with Crippen LogP contribution in [0, 0.1) is 0 Å². The quantitative estimate of drug-likeness (QED) is 0.703. The average Bonchev–Trinajstić information content (AvgIpc) is 2.62. The summed E-state index contributed by atoms with van der Waals surface area (Å²) in [5, 5.41) is 3.16. The Bertz CT molecular complexity index is 590. The van der Waals surface area contributed by atoms with Gasteiger partial charge < -0.3 is 5.32 Å². The lowest BCUT2D eigenvalue weighted by Crippen LogP contribution is -2.09. The number of rotatable bonds is 0. The van der Waals surface area contributed by atoms with Crippen molar-refractivity contribution in [2.45, 2.75) is 6.92 Å². The van der Waals surface area contributed by atoms with Crippen LogP contribution in [0.4, 0.5) is 5.95 Å². The molecule has 15 heavy (non-hydrogen) atoms. The summed E-state index contributed by atoms with van der Waals surface area (Å²) in [6, 6.07) is 8.06. The molecule has 0 saturated heterocycles. The Morgan fingerprint density at radius 3 is 3.00 bits per heavy atom. The molecule has 2 aromatic rings. The first-order valence-corrected chi connectivity index (χ1v) is 4.88. The lowest BCUT2D eigenvalue weighted by molar-refractivity contribution is 1.09. The smallest absolute Gasteiger partial charge is 0.212 e. The van der Waals surface area contributed by atoms with Crippen molar-refractivity contribution in [3.05, 3.63) is 42.6 Å². The predicted molar refractivity (Wildman–Crippen MR) is 62.4 cm³/mol. The van der Waals surface area contributed by atoms with Crippen molar-refractivity contribution in [3.63, 3.8) is 0 Å². The van der Waals surface area contributed by atoms with Crippen LogP contribution < -0.4 is 5.32 Å². The van der Waals surface area contributed by atoms with Gasteiger partial charge in [0.1, 0.15) is 0 Å². The van der Waals surface area contributed by atoms with E-state index in [9.17, 15) is 0 Å². The van der Waals surface area contributed by atoms with Crippen LogP contribution >= 0.6 is 0 Å². The maximum absolute atomic E-state index is 4.48. The van der Waals surface area contributed by atoms with E-state index in [-0.39, 0.29) is 0 Å². The summed E-state index contributed by atoms with van der Waals surface area (Å²) in [6.07, 6.45) is 1.93. The topological polar surface area (TPSA) is 29.9 Å². The van der Waals surface area contributed by atoms with E-state index in [0.717, 1.165) is 28.3 Å². The Kier molecular flexibility index (Phi) is 1.51. The summed E-state index contributed by atoms with van der Waals surface area (Å²) in [5.41, 5.74) is 4.20. The highest BCUT2D eigenvalue weighted by Crippen LogP contribution is 2.29. The second-order valence-corrected chi connectivity index (χ2v) is 3.68. The highest BCUT2D eigenvalue weighted by molar-refractivity contribution is 5.87. The van der Waals surface area contributed by atoms with E-state index in [4.69, 9.17) is 0 Å². The minimum atomic E-state index is 0.840. The molecule has 3 rings (SSSR count). The first-order chi connectivity index (χ1) is 7.27. The van der Waals surface area contributed by atoms with Crippen molar-refractivity contribution in [3.8, 4) is 0 Å². The number of imidazole rings is 1. The highest BCUT2D eigenvalue weighted by Gasteiger charge is 2.16. The van der Waals surface area contributed by atoms with E-state index in [0.29, 0.717) is 0 Å². The Morgan fingerprint density at radius 1 is 1.33 bits per heavy atom. The zero-order valence-corrected chi connectivity index (χ0v) is 8.49. The molecule has 1 aromatic heterocycles. The van der Waals surface area contributed by atoms with Gasteiger partial charge in [0.15, 0.2) is 0 Å². The van der Waals surface area contributed by atoms with Crippen molar-refractivity contribution < 1.29 is 0 Å². The maximum atomic E-state index is 4.48. The number of nitrogens with zero attached hydrogens (tertiary/aromatic N) is 2. The Labute approximate surface area is 87.7 Å². The molecule has 0 bridgehead atoms. The van der Waals surface area contributed by atoms with Gasteiger partial charge in [-0.15, -0.1) is 0 Å². The Hall–Kier alpha value is -2.03. The molecule has 3 heteroatoms. The number of fused-ring (bicyclic) bond motifs is 3. The summed E-state index contributed by atoms with van der Waals surface area (Å²) in [6.45, 7) is 6.11. The average molecular weight is 197 g/mol. The largest absolute Gasteiger partial charge is 0.332 e. The van der Waals surface area contributed by atoms with E-state index >= 15 is 0 Å². The molecule has 2 heterocycles. The SMILES string of the molecule is C=C1C(C)=CNc2nc3ccccc3n21. The van der Waals surface area contributed by atoms with Crippen molar-refractivity contribution in [2.75, 3.05) is 5.32 Å². The minimum absolute atomic E-state index is 0.840. The summed E-state index contributed by atoms with van der Waals surface area (Å²) in [4.78, 5) is 4.48. The van der Waals surface area contributed by atoms with Gasteiger partial charge in [0, 0.05) is 11.9 Å². The van der Waals surface area contributed by atoms with Crippen molar-refractivity contribution in [1.82, 2.24) is 9.55 Å². The fourth-order valence-electron chi connectivity index (χ4n) is 1.83. The van der Waals surface area contributed by atoms with Gasteiger partial charge >= 0.3 is 0 Å². The number of benzene rings is 1. The first-order valence-electron chi connectivity index (χ1n) is 4.88. The molecule has 3 nitrogen and oxygen atoms in total. The third kappa shape index (κ3) is 1.03. The number of anilines is 1. The fourth-order valence-corrected chi connectivity index (χ4v) is 1.83. The van der Waals surface area contributed by atoms with Crippen LogP contribution in [0.15, 0.2) is 42.6 Å². The van der Waals surface area contributed by atoms with Crippen LogP contribution in [0.25, 0.3) is 16.7 Å². The van der Waals surface area contributed by atoms with Gasteiger partial charge in [0.05, 0.1) is 11.0 Å². The summed E-state index contributed by atoms with van der Waals surface area (Å²) in [7, 11) is 0. The molecule has 1 aliphatic rings. The van der Waals surface area contributed by atoms with Crippen LogP contribution in [-0.2, 0) is 0 Å². The fraction of sp³-hybridized carbons (Fsp3) is 0.0833. The Balaban J connectivity index is 2.37. The molecule has 1 N–H and O–H groups in total. The molecule has 0 atom stereocenters. The number of hydrogen-bond donors (Lipinski definition) is 1. The zero-order valence-electron chi connectivity index (χ0n) is 8.49. The molecule has 1 aliphatic heterocycles. The molecule has 0 fully saturated rings. The van der Waals surface area contributed by atoms with Crippen molar-refractivity contribution in [1.29, 1.82) is 0 Å². The number of allylic oxidation sites excluding steroid dienone is 2. The van der Waals surface area contributed by atoms with Gasteiger partial charge in [-0.2, -0.15) is 0 Å². The van der Waals surface area contributed by atoms with Gasteiger partial charge in [0.25, 0.3) is 0 Å². The Morgan fingerprint density at radius 2 is 2.13 bits per heavy atom. The van der Waals surface area contributed by atoms with E-state index in [1.165, 1.54) is 0 Å². The van der Waals surface area contributed by atoms with Crippen LogP contribution in [0.5, 0.6) is 0 Å². The molecule has 0 unspecified atom stereocenters. The van der Waals surface area contributed by atoms with Gasteiger partial charge in [-0.1, -0.05) is 18.7 Å². The molecule has 0 spiro atoms. The standard InChI is InChI=1S/C12H11N3/c1-8-7-13-12-14-10-5-3-4-6-11(10)15(12)9(8)2/h3-7H,2H2,1H3,(H,13,14). The maximum Gasteiger partial charge on any atom is 0.212 e. The predicted octanol–water partition coefficient (Wildman–Crippen LogP) is 2.84. The summed E-state index contributed by atoms with van der Waals surface area (Å²) >= 11 is 0. The monoisotopic (exact) mass is 197 g/mol. The molecule has 0 saturated carbocycles. The van der Waals surface area contributed by atoms with Crippen LogP contribution in [-0.4, -0.2) is 9.55 Å². The number of aromatic nitrogens is 2. The summed E-state index contributed by atoms with van der Waals surface area (Å²) < 4.78 is 2.05. The molecule has 0 aliphatic carbocycles. The lowest BCUT2D eigenvalue weighted by atomic mass is 10.2. The molecule has 74 valence electrons. The number of para-hydroxylation sites is 2. The molecule has 0 amide bonds. The van der Waals surface area contributed by atoms with Crippen molar-refractivity contribution >= 4 is 22.7 Å². The van der Waals surface area contributed by atoms with Crippen molar-refractivity contribution in [2.24, 2.45) is 0 Å². The number of nitrogens with one attached hydrogen (secondary N) is 1. The number of hydrogen-bond acceptors (Lipinski definition) is 2. The highest BCUT2D eigenvalue weighted by atomic mass is 15.2. The van der Waals surface area contributed by atoms with Gasteiger partial charge in [-0.05, 0) is 24.6 Å². The third-order valence-corrected chi connectivity index (χ3v) is 2.70. The second-order valence-electron chi connectivity index (χ2n) is 3.68. The molecular formula is C12H11N3. The van der Waals surface area contributed by atoms with Crippen LogP contribution in [0.3, 0.4) is 0 Å². The van der Waals surface area contributed by atoms with E-state index in [1.807, 2.05) is 35.9 Å². The third-order valence-electron chi connectivity index (χ3n) is 2.70. The van der Waals surface area contributed by atoms with E-state index in [2.05, 4.69) is 22.9 Å². The van der Waals surface area contributed by atoms with Gasteiger partial charge in [-0.3, -0.25) is 4.57 Å². The van der Waals surface area contributed by atoms with Crippen LogP contribution in [0.2, 0.25) is 0 Å². The first kappa shape index (κ1) is 8.29. The van der Waals surface area contributed by atoms with Crippen LogP contribution in [0.1, 0.15) is 6.92 Å². The molecule has 0 radical (unpaired) electrons. The minimum Gasteiger partial charge on any atom is -0.332 e.